The van der Waals surface area contributed by atoms with E-state index < -0.39 is 18.1 Å². The second-order valence-corrected chi connectivity index (χ2v) is 10.0. The monoisotopic (exact) mass is 589 g/mol. The molecule has 1 aliphatic carbocycles. The number of amides is 1. The van der Waals surface area contributed by atoms with E-state index in [0.29, 0.717) is 0 Å². The molecule has 180 valence electrons. The SMILES string of the molecule is O=C(N[C@@H](Cc1ccc(-c2ccc(I)cc2)cc1)C(=O)O)OCC1c2ccccc2-c2ccccc21. The van der Waals surface area contributed by atoms with Gasteiger partial charge in [-0.2, -0.15) is 0 Å². The minimum absolute atomic E-state index is 0.0831. The highest BCUT2D eigenvalue weighted by Gasteiger charge is 2.29. The van der Waals surface area contributed by atoms with E-state index in [4.69, 9.17) is 4.74 Å². The van der Waals surface area contributed by atoms with Gasteiger partial charge in [0.1, 0.15) is 12.6 Å². The molecule has 0 radical (unpaired) electrons. The second kappa shape index (κ2) is 10.5. The molecule has 1 atom stereocenters. The topological polar surface area (TPSA) is 75.6 Å². The Morgan fingerprint density at radius 3 is 1.89 bits per heavy atom. The van der Waals surface area contributed by atoms with Gasteiger partial charge in [-0.3, -0.25) is 0 Å². The van der Waals surface area contributed by atoms with Gasteiger partial charge in [-0.05, 0) is 73.7 Å². The fourth-order valence-corrected chi connectivity index (χ4v) is 5.05. The fraction of sp³-hybridized carbons (Fsp3) is 0.133. The van der Waals surface area contributed by atoms with Crippen molar-refractivity contribution in [1.82, 2.24) is 5.32 Å². The van der Waals surface area contributed by atoms with Gasteiger partial charge >= 0.3 is 12.1 Å². The number of carbonyl (C=O) groups excluding carboxylic acids is 1. The molecule has 0 heterocycles. The Bertz CT molecular complexity index is 1350. The number of nitrogens with one attached hydrogen (secondary N) is 1. The molecule has 0 saturated heterocycles. The Kier molecular flexibility index (Phi) is 7.04. The first-order valence-corrected chi connectivity index (χ1v) is 12.8. The first kappa shape index (κ1) is 24.1. The van der Waals surface area contributed by atoms with Crippen LogP contribution < -0.4 is 5.32 Å². The number of carbonyl (C=O) groups is 2. The van der Waals surface area contributed by atoms with Crippen LogP contribution in [-0.4, -0.2) is 29.8 Å². The molecule has 6 heteroatoms. The zero-order valence-electron chi connectivity index (χ0n) is 19.4. The third kappa shape index (κ3) is 5.14. The van der Waals surface area contributed by atoms with E-state index >= 15 is 0 Å². The first-order valence-electron chi connectivity index (χ1n) is 11.7. The summed E-state index contributed by atoms with van der Waals surface area (Å²) >= 11 is 2.27. The van der Waals surface area contributed by atoms with Crippen molar-refractivity contribution in [2.24, 2.45) is 0 Å². The molecular weight excluding hydrogens is 565 g/mol. The highest BCUT2D eigenvalue weighted by Crippen LogP contribution is 2.44. The normalized spacial score (nSPS) is 12.9. The number of rotatable bonds is 7. The van der Waals surface area contributed by atoms with Crippen LogP contribution in [0.25, 0.3) is 22.3 Å². The summed E-state index contributed by atoms with van der Waals surface area (Å²) in [6.07, 6.45) is -0.577. The number of alkyl carbamates (subject to hydrolysis) is 1. The number of benzene rings is 4. The second-order valence-electron chi connectivity index (χ2n) is 8.77. The van der Waals surface area contributed by atoms with Crippen LogP contribution in [0.3, 0.4) is 0 Å². The van der Waals surface area contributed by atoms with E-state index in [1.165, 1.54) is 0 Å². The van der Waals surface area contributed by atoms with Gasteiger partial charge in [0.05, 0.1) is 0 Å². The Labute approximate surface area is 223 Å². The van der Waals surface area contributed by atoms with Crippen LogP contribution in [0, 0.1) is 3.57 Å². The molecule has 0 spiro atoms. The van der Waals surface area contributed by atoms with Gasteiger partial charge in [-0.15, -0.1) is 0 Å². The molecule has 5 rings (SSSR count). The molecule has 0 saturated carbocycles. The summed E-state index contributed by atoms with van der Waals surface area (Å²) in [5.41, 5.74) is 7.44. The molecule has 0 bridgehead atoms. The minimum atomic E-state index is -1.11. The molecule has 0 aromatic heterocycles. The third-order valence-electron chi connectivity index (χ3n) is 6.51. The minimum Gasteiger partial charge on any atom is -0.480 e. The lowest BCUT2D eigenvalue weighted by atomic mass is 9.98. The van der Waals surface area contributed by atoms with Gasteiger partial charge in [0.25, 0.3) is 0 Å². The predicted molar refractivity (Wildman–Crippen MR) is 148 cm³/mol. The van der Waals surface area contributed by atoms with Gasteiger partial charge in [-0.1, -0.05) is 84.9 Å². The molecule has 4 aromatic rings. The average Bonchev–Trinajstić information content (AvgIpc) is 3.22. The van der Waals surface area contributed by atoms with Crippen molar-refractivity contribution in [3.05, 3.63) is 117 Å². The summed E-state index contributed by atoms with van der Waals surface area (Å²) in [4.78, 5) is 24.5. The fourth-order valence-electron chi connectivity index (χ4n) is 4.69. The van der Waals surface area contributed by atoms with Gasteiger partial charge in [0.2, 0.25) is 0 Å². The Hall–Kier alpha value is -3.65. The summed E-state index contributed by atoms with van der Waals surface area (Å²) in [5, 5.41) is 12.2. The maximum absolute atomic E-state index is 12.6. The number of hydrogen-bond donors (Lipinski definition) is 2. The number of carboxylic acid groups (broad SMARTS) is 1. The Morgan fingerprint density at radius 2 is 1.33 bits per heavy atom. The highest BCUT2D eigenvalue weighted by atomic mass is 127. The Morgan fingerprint density at radius 1 is 0.806 bits per heavy atom. The maximum Gasteiger partial charge on any atom is 0.407 e. The largest absolute Gasteiger partial charge is 0.480 e. The van der Waals surface area contributed by atoms with Gasteiger partial charge < -0.3 is 15.2 Å². The molecular formula is C30H24INO4. The van der Waals surface area contributed by atoms with Crippen molar-refractivity contribution in [2.45, 2.75) is 18.4 Å². The molecule has 1 aliphatic rings. The zero-order chi connectivity index (χ0) is 25.1. The molecule has 1 amide bonds. The smallest absolute Gasteiger partial charge is 0.407 e. The summed E-state index contributed by atoms with van der Waals surface area (Å²) in [6, 6.07) is 31.0. The summed E-state index contributed by atoms with van der Waals surface area (Å²) in [7, 11) is 0. The van der Waals surface area contributed by atoms with E-state index in [1.807, 2.05) is 72.8 Å². The quantitative estimate of drug-likeness (QED) is 0.242. The zero-order valence-corrected chi connectivity index (χ0v) is 21.5. The Balaban J connectivity index is 1.22. The molecule has 2 N–H and O–H groups in total. The van der Waals surface area contributed by atoms with Crippen LogP contribution in [0.5, 0.6) is 0 Å². The average molecular weight is 589 g/mol. The summed E-state index contributed by atoms with van der Waals surface area (Å²) < 4.78 is 6.69. The number of fused-ring (bicyclic) bond motifs is 3. The molecule has 0 aliphatic heterocycles. The van der Waals surface area contributed by atoms with E-state index in [1.54, 1.807) is 0 Å². The standard InChI is InChI=1S/C30H24INO4/c31-22-15-13-21(14-16-22)20-11-9-19(10-12-20)17-28(29(33)34)32-30(35)36-18-27-25-7-3-1-5-23(25)24-6-2-4-8-26(24)27/h1-16,27-28H,17-18H2,(H,32,35)(H,33,34)/t28-/m0/s1. The van der Waals surface area contributed by atoms with Gasteiger partial charge in [0.15, 0.2) is 0 Å². The van der Waals surface area contributed by atoms with Crippen LogP contribution >= 0.6 is 22.6 Å². The van der Waals surface area contributed by atoms with Crippen molar-refractivity contribution in [3.8, 4) is 22.3 Å². The van der Waals surface area contributed by atoms with Crippen molar-refractivity contribution < 1.29 is 19.4 Å². The first-order chi connectivity index (χ1) is 17.5. The molecule has 36 heavy (non-hydrogen) atoms. The number of aliphatic carboxylic acids is 1. The van der Waals surface area contributed by atoms with Crippen LogP contribution in [0.2, 0.25) is 0 Å². The van der Waals surface area contributed by atoms with E-state index in [0.717, 1.165) is 42.5 Å². The van der Waals surface area contributed by atoms with E-state index in [-0.39, 0.29) is 18.9 Å². The lowest BCUT2D eigenvalue weighted by Gasteiger charge is -2.17. The van der Waals surface area contributed by atoms with Crippen LogP contribution in [0.1, 0.15) is 22.6 Å². The summed E-state index contributed by atoms with van der Waals surface area (Å²) in [6.45, 7) is 0.136. The van der Waals surface area contributed by atoms with Crippen molar-refractivity contribution in [2.75, 3.05) is 6.61 Å². The summed E-state index contributed by atoms with van der Waals surface area (Å²) in [5.74, 6) is -1.19. The van der Waals surface area contributed by atoms with Crippen LogP contribution in [0.4, 0.5) is 4.79 Å². The van der Waals surface area contributed by atoms with Crippen molar-refractivity contribution in [3.63, 3.8) is 0 Å². The number of halogens is 1. The highest BCUT2D eigenvalue weighted by molar-refractivity contribution is 14.1. The maximum atomic E-state index is 12.6. The number of carboxylic acids is 1. The van der Waals surface area contributed by atoms with E-state index in [9.17, 15) is 14.7 Å². The van der Waals surface area contributed by atoms with Gasteiger partial charge in [-0.25, -0.2) is 9.59 Å². The number of ether oxygens (including phenoxy) is 1. The van der Waals surface area contributed by atoms with E-state index in [2.05, 4.69) is 52.2 Å². The lowest BCUT2D eigenvalue weighted by Crippen LogP contribution is -2.42. The number of hydrogen-bond acceptors (Lipinski definition) is 3. The predicted octanol–water partition coefficient (Wildman–Crippen LogP) is 6.49. The van der Waals surface area contributed by atoms with Crippen molar-refractivity contribution in [1.29, 1.82) is 0 Å². The molecule has 5 nitrogen and oxygen atoms in total. The van der Waals surface area contributed by atoms with Crippen LogP contribution in [0.15, 0.2) is 97.1 Å². The van der Waals surface area contributed by atoms with Crippen LogP contribution in [-0.2, 0) is 16.0 Å². The van der Waals surface area contributed by atoms with Gasteiger partial charge in [0, 0.05) is 15.9 Å². The molecule has 0 fully saturated rings. The van der Waals surface area contributed by atoms with Crippen molar-refractivity contribution >= 4 is 34.7 Å². The third-order valence-corrected chi connectivity index (χ3v) is 7.22. The molecule has 0 unspecified atom stereocenters. The lowest BCUT2D eigenvalue weighted by molar-refractivity contribution is -0.139. The molecule has 4 aromatic carbocycles.